The van der Waals surface area contributed by atoms with Crippen molar-refractivity contribution < 1.29 is 19.0 Å². The van der Waals surface area contributed by atoms with Crippen LogP contribution in [0.5, 0.6) is 0 Å². The molecule has 0 radical (unpaired) electrons. The van der Waals surface area contributed by atoms with Crippen molar-refractivity contribution >= 4 is 6.09 Å². The first-order chi connectivity index (χ1) is 8.02. The number of rotatable bonds is 5. The van der Waals surface area contributed by atoms with E-state index in [-0.39, 0.29) is 18.5 Å². The highest BCUT2D eigenvalue weighted by Crippen LogP contribution is 2.15. The number of aryl methyl sites for hydroxylation is 1. The van der Waals surface area contributed by atoms with E-state index < -0.39 is 6.09 Å². The molecule has 0 fully saturated rings. The van der Waals surface area contributed by atoms with Crippen LogP contribution in [0.3, 0.4) is 0 Å². The first-order valence-electron chi connectivity index (χ1n) is 5.37. The highest BCUT2D eigenvalue weighted by Gasteiger charge is 2.09. The van der Waals surface area contributed by atoms with Gasteiger partial charge in [-0.15, -0.1) is 0 Å². The Labute approximate surface area is 99.2 Å². The van der Waals surface area contributed by atoms with Gasteiger partial charge in [0.15, 0.2) is 0 Å². The third-order valence-electron chi connectivity index (χ3n) is 2.48. The van der Waals surface area contributed by atoms with Crippen molar-refractivity contribution in [1.29, 1.82) is 0 Å². The van der Waals surface area contributed by atoms with Gasteiger partial charge < -0.3 is 15.6 Å². The average Bonchev–Trinajstić information content (AvgIpc) is 2.26. The summed E-state index contributed by atoms with van der Waals surface area (Å²) in [4.78, 5) is 10.5. The molecule has 1 amide bonds. The maximum Gasteiger partial charge on any atom is 0.404 e. The van der Waals surface area contributed by atoms with E-state index in [0.717, 1.165) is 5.56 Å². The lowest BCUT2D eigenvalue weighted by atomic mass is 10.0. The molecule has 0 unspecified atom stereocenters. The molecule has 1 rings (SSSR count). The number of carbonyl (C=O) groups excluding carboxylic acids is 1. The minimum atomic E-state index is -0.806. The van der Waals surface area contributed by atoms with Crippen molar-refractivity contribution in [3.63, 3.8) is 0 Å². The van der Waals surface area contributed by atoms with Gasteiger partial charge in [0.05, 0.1) is 6.61 Å². The van der Waals surface area contributed by atoms with E-state index in [2.05, 4.69) is 0 Å². The molecular formula is C12H16FNO3. The summed E-state index contributed by atoms with van der Waals surface area (Å²) < 4.78 is 17.7. The number of ether oxygens (including phenoxy) is 1. The van der Waals surface area contributed by atoms with Crippen molar-refractivity contribution in [3.05, 3.63) is 35.1 Å². The third kappa shape index (κ3) is 4.40. The fourth-order valence-electron chi connectivity index (χ4n) is 1.60. The highest BCUT2D eigenvalue weighted by atomic mass is 19.1. The second kappa shape index (κ2) is 6.20. The average molecular weight is 241 g/mol. The van der Waals surface area contributed by atoms with Gasteiger partial charge in [0.1, 0.15) is 11.9 Å². The van der Waals surface area contributed by atoms with E-state index >= 15 is 0 Å². The summed E-state index contributed by atoms with van der Waals surface area (Å²) in [6.45, 7) is 1.52. The Morgan fingerprint density at radius 3 is 2.82 bits per heavy atom. The number of hydrogen-bond acceptors (Lipinski definition) is 3. The zero-order valence-electron chi connectivity index (χ0n) is 9.65. The van der Waals surface area contributed by atoms with Crippen LogP contribution in [0.25, 0.3) is 0 Å². The maximum atomic E-state index is 12.9. The Morgan fingerprint density at radius 2 is 2.24 bits per heavy atom. The summed E-state index contributed by atoms with van der Waals surface area (Å²) in [5.74, 6) is -0.376. The van der Waals surface area contributed by atoms with Gasteiger partial charge >= 0.3 is 6.09 Å². The molecule has 0 saturated carbocycles. The van der Waals surface area contributed by atoms with Crippen molar-refractivity contribution in [3.8, 4) is 0 Å². The van der Waals surface area contributed by atoms with Crippen molar-refractivity contribution in [2.75, 3.05) is 0 Å². The molecule has 0 saturated heterocycles. The largest absolute Gasteiger partial charge is 0.447 e. The number of aliphatic hydroxyl groups excluding tert-OH is 1. The van der Waals surface area contributed by atoms with Crippen molar-refractivity contribution in [2.45, 2.75) is 32.5 Å². The van der Waals surface area contributed by atoms with E-state index in [0.29, 0.717) is 18.4 Å². The van der Waals surface area contributed by atoms with E-state index in [4.69, 9.17) is 15.6 Å². The number of carbonyl (C=O) groups is 1. The summed E-state index contributed by atoms with van der Waals surface area (Å²) in [6.07, 6.45) is 0.0507. The molecule has 94 valence electrons. The summed E-state index contributed by atoms with van der Waals surface area (Å²) >= 11 is 0. The molecule has 5 heteroatoms. The van der Waals surface area contributed by atoms with Crippen LogP contribution in [0.2, 0.25) is 0 Å². The molecule has 0 aliphatic heterocycles. The SMILES string of the molecule is C[C@H](CCc1ccc(F)cc1CO)OC(N)=O. The number of primary amides is 1. The van der Waals surface area contributed by atoms with Gasteiger partial charge in [-0.1, -0.05) is 6.07 Å². The Morgan fingerprint density at radius 1 is 1.53 bits per heavy atom. The predicted octanol–water partition coefficient (Wildman–Crippen LogP) is 1.73. The first-order valence-corrected chi connectivity index (χ1v) is 5.37. The maximum absolute atomic E-state index is 12.9. The van der Waals surface area contributed by atoms with Gasteiger partial charge in [-0.25, -0.2) is 9.18 Å². The molecule has 1 atom stereocenters. The molecule has 17 heavy (non-hydrogen) atoms. The van der Waals surface area contributed by atoms with Crippen LogP contribution in [0.4, 0.5) is 9.18 Å². The Hall–Kier alpha value is -1.62. The van der Waals surface area contributed by atoms with E-state index in [1.807, 2.05) is 0 Å². The summed E-state index contributed by atoms with van der Waals surface area (Å²) in [5.41, 5.74) is 6.28. The number of amides is 1. The van der Waals surface area contributed by atoms with E-state index in [1.54, 1.807) is 13.0 Å². The van der Waals surface area contributed by atoms with Gasteiger partial charge in [-0.05, 0) is 43.0 Å². The number of hydrogen-bond donors (Lipinski definition) is 2. The van der Waals surface area contributed by atoms with Gasteiger partial charge in [0.25, 0.3) is 0 Å². The molecule has 0 aliphatic rings. The minimum Gasteiger partial charge on any atom is -0.447 e. The highest BCUT2D eigenvalue weighted by molar-refractivity contribution is 5.64. The Balaban J connectivity index is 2.59. The molecular weight excluding hydrogens is 225 g/mol. The number of nitrogens with two attached hydrogens (primary N) is 1. The monoisotopic (exact) mass is 241 g/mol. The van der Waals surface area contributed by atoms with Gasteiger partial charge in [-0.2, -0.15) is 0 Å². The quantitative estimate of drug-likeness (QED) is 0.824. The molecule has 0 bridgehead atoms. The molecule has 3 N–H and O–H groups in total. The smallest absolute Gasteiger partial charge is 0.404 e. The molecule has 1 aromatic rings. The zero-order valence-corrected chi connectivity index (χ0v) is 9.65. The van der Waals surface area contributed by atoms with Gasteiger partial charge in [0, 0.05) is 0 Å². The lowest BCUT2D eigenvalue weighted by Gasteiger charge is -2.12. The minimum absolute atomic E-state index is 0.210. The Bertz CT molecular complexity index is 395. The summed E-state index contributed by atoms with van der Waals surface area (Å²) in [7, 11) is 0. The molecule has 0 aliphatic carbocycles. The van der Waals surface area contributed by atoms with E-state index in [1.165, 1.54) is 12.1 Å². The first kappa shape index (κ1) is 13.4. The third-order valence-corrected chi connectivity index (χ3v) is 2.48. The predicted molar refractivity (Wildman–Crippen MR) is 60.8 cm³/mol. The van der Waals surface area contributed by atoms with E-state index in [9.17, 15) is 9.18 Å². The second-order valence-corrected chi connectivity index (χ2v) is 3.86. The summed E-state index contributed by atoms with van der Waals surface area (Å²) in [5, 5.41) is 9.08. The van der Waals surface area contributed by atoms with Crippen LogP contribution in [-0.2, 0) is 17.8 Å². The van der Waals surface area contributed by atoms with Crippen LogP contribution >= 0.6 is 0 Å². The van der Waals surface area contributed by atoms with Gasteiger partial charge in [0.2, 0.25) is 0 Å². The topological polar surface area (TPSA) is 72.6 Å². The van der Waals surface area contributed by atoms with Crippen LogP contribution in [0, 0.1) is 5.82 Å². The van der Waals surface area contributed by atoms with Crippen LogP contribution in [0.1, 0.15) is 24.5 Å². The fourth-order valence-corrected chi connectivity index (χ4v) is 1.60. The molecule has 1 aromatic carbocycles. The molecule has 0 spiro atoms. The molecule has 4 nitrogen and oxygen atoms in total. The van der Waals surface area contributed by atoms with Crippen LogP contribution in [-0.4, -0.2) is 17.3 Å². The number of benzene rings is 1. The van der Waals surface area contributed by atoms with Crippen molar-refractivity contribution in [2.24, 2.45) is 5.73 Å². The van der Waals surface area contributed by atoms with Crippen LogP contribution < -0.4 is 5.73 Å². The molecule has 0 aromatic heterocycles. The number of aliphatic hydroxyl groups is 1. The number of halogens is 1. The standard InChI is InChI=1S/C12H16FNO3/c1-8(17-12(14)16)2-3-9-4-5-11(13)6-10(9)7-15/h4-6,8,15H,2-3,7H2,1H3,(H2,14,16)/t8-/m1/s1. The van der Waals surface area contributed by atoms with Crippen molar-refractivity contribution in [1.82, 2.24) is 0 Å². The van der Waals surface area contributed by atoms with Gasteiger partial charge in [-0.3, -0.25) is 0 Å². The lowest BCUT2D eigenvalue weighted by molar-refractivity contribution is 0.111. The normalized spacial score (nSPS) is 12.2. The van der Waals surface area contributed by atoms with Crippen LogP contribution in [0.15, 0.2) is 18.2 Å². The Kier molecular flexibility index (Phi) is 4.90. The lowest BCUT2D eigenvalue weighted by Crippen LogP contribution is -2.20. The second-order valence-electron chi connectivity index (χ2n) is 3.86. The fraction of sp³-hybridized carbons (Fsp3) is 0.417. The zero-order chi connectivity index (χ0) is 12.8. The molecule has 0 heterocycles. The summed E-state index contributed by atoms with van der Waals surface area (Å²) in [6, 6.07) is 4.26.